The molecule has 1 aliphatic rings. The van der Waals surface area contributed by atoms with Gasteiger partial charge in [0.2, 0.25) is 0 Å². The fourth-order valence-electron chi connectivity index (χ4n) is 3.44. The summed E-state index contributed by atoms with van der Waals surface area (Å²) in [6, 6.07) is 16.1. The van der Waals surface area contributed by atoms with Crippen LogP contribution in [0.15, 0.2) is 48.5 Å². The van der Waals surface area contributed by atoms with Crippen LogP contribution in [0.1, 0.15) is 5.56 Å². The first-order valence-corrected chi connectivity index (χ1v) is 10.1. The minimum atomic E-state index is 0.400. The summed E-state index contributed by atoms with van der Waals surface area (Å²) in [7, 11) is 2.18. The maximum Gasteiger partial charge on any atom is 0.169 e. The van der Waals surface area contributed by atoms with Crippen molar-refractivity contribution in [3.63, 3.8) is 0 Å². The number of rotatable bonds is 7. The summed E-state index contributed by atoms with van der Waals surface area (Å²) in [5, 5.41) is 3.21. The number of anilines is 2. The maximum atomic E-state index is 6.00. The minimum Gasteiger partial charge on any atom is -0.492 e. The van der Waals surface area contributed by atoms with Crippen LogP contribution in [0.25, 0.3) is 11.0 Å². The molecule has 3 aromatic rings. The third-order valence-electron chi connectivity index (χ3n) is 5.19. The van der Waals surface area contributed by atoms with Crippen LogP contribution in [0, 0.1) is 0 Å². The van der Waals surface area contributed by atoms with E-state index in [2.05, 4.69) is 44.3 Å². The predicted octanol–water partition coefficient (Wildman–Crippen LogP) is 2.45. The molecule has 0 amide bonds. The van der Waals surface area contributed by atoms with E-state index in [1.165, 1.54) is 5.56 Å². The smallest absolute Gasteiger partial charge is 0.169 e. The number of nitrogen functional groups attached to an aromatic ring is 1. The first kappa shape index (κ1) is 19.4. The summed E-state index contributed by atoms with van der Waals surface area (Å²) in [5.74, 6) is 1.86. The normalized spacial score (nSPS) is 15.5. The topological polar surface area (TPSA) is 79.5 Å². The number of ether oxygens (including phenoxy) is 1. The second-order valence-electron chi connectivity index (χ2n) is 7.44. The number of fused-ring (bicyclic) bond motifs is 1. The molecule has 0 saturated carbocycles. The Morgan fingerprint density at radius 2 is 1.66 bits per heavy atom. The molecule has 0 atom stereocenters. The molecule has 0 unspecified atom stereocenters. The summed E-state index contributed by atoms with van der Waals surface area (Å²) < 4.78 is 5.84. The van der Waals surface area contributed by atoms with Crippen LogP contribution in [0.5, 0.6) is 5.75 Å². The Labute approximate surface area is 171 Å². The molecule has 0 spiro atoms. The van der Waals surface area contributed by atoms with E-state index in [0.717, 1.165) is 49.5 Å². The monoisotopic (exact) mass is 392 g/mol. The van der Waals surface area contributed by atoms with Gasteiger partial charge < -0.3 is 20.7 Å². The molecule has 1 aromatic heterocycles. The molecule has 7 heteroatoms. The van der Waals surface area contributed by atoms with E-state index in [0.29, 0.717) is 24.8 Å². The number of likely N-dealkylation sites (N-methyl/N-ethyl adjacent to an activating group) is 1. The van der Waals surface area contributed by atoms with Gasteiger partial charge in [-0.2, -0.15) is 0 Å². The molecule has 0 aliphatic carbocycles. The number of nitrogens with two attached hydrogens (primary N) is 1. The summed E-state index contributed by atoms with van der Waals surface area (Å²) in [5.41, 5.74) is 8.93. The Morgan fingerprint density at radius 1 is 0.966 bits per heavy atom. The molecule has 7 nitrogen and oxygen atoms in total. The van der Waals surface area contributed by atoms with Gasteiger partial charge in [-0.3, -0.25) is 4.90 Å². The van der Waals surface area contributed by atoms with Gasteiger partial charge in [-0.1, -0.05) is 24.3 Å². The SMILES string of the molecule is CN1CCN(Cc2ccc(OCCNc3nc4ccccc4nc3N)cc2)CC1. The van der Waals surface area contributed by atoms with Gasteiger partial charge >= 0.3 is 0 Å². The van der Waals surface area contributed by atoms with Gasteiger partial charge in [0.15, 0.2) is 11.6 Å². The average Bonchev–Trinajstić information content (AvgIpc) is 2.74. The zero-order valence-electron chi connectivity index (χ0n) is 16.8. The lowest BCUT2D eigenvalue weighted by Gasteiger charge is -2.32. The second-order valence-corrected chi connectivity index (χ2v) is 7.44. The zero-order valence-corrected chi connectivity index (χ0v) is 16.8. The average molecular weight is 393 g/mol. The van der Waals surface area contributed by atoms with Crippen molar-refractivity contribution in [3.05, 3.63) is 54.1 Å². The molecule has 2 heterocycles. The first-order valence-electron chi connectivity index (χ1n) is 10.1. The van der Waals surface area contributed by atoms with Crippen LogP contribution < -0.4 is 15.8 Å². The quantitative estimate of drug-likeness (QED) is 0.598. The standard InChI is InChI=1S/C22H28N6O/c1-27-11-13-28(14-12-27)16-17-6-8-18(9-7-17)29-15-10-24-22-21(23)25-19-4-2-3-5-20(19)26-22/h2-9H,10-16H2,1H3,(H2,23,25)(H,24,26). The molecule has 4 rings (SSSR count). The van der Waals surface area contributed by atoms with E-state index >= 15 is 0 Å². The summed E-state index contributed by atoms with van der Waals surface area (Å²) in [4.78, 5) is 13.8. The van der Waals surface area contributed by atoms with Gasteiger partial charge in [0.25, 0.3) is 0 Å². The van der Waals surface area contributed by atoms with Crippen molar-refractivity contribution in [1.82, 2.24) is 19.8 Å². The highest BCUT2D eigenvalue weighted by Crippen LogP contribution is 2.18. The van der Waals surface area contributed by atoms with Gasteiger partial charge in [-0.25, -0.2) is 9.97 Å². The third-order valence-corrected chi connectivity index (χ3v) is 5.19. The highest BCUT2D eigenvalue weighted by Gasteiger charge is 2.13. The molecule has 0 bridgehead atoms. The van der Waals surface area contributed by atoms with Crippen LogP contribution in [0.2, 0.25) is 0 Å². The van der Waals surface area contributed by atoms with Gasteiger partial charge in [-0.15, -0.1) is 0 Å². The number of piperazine rings is 1. The molecule has 152 valence electrons. The van der Waals surface area contributed by atoms with Gasteiger partial charge in [-0.05, 0) is 36.9 Å². The van der Waals surface area contributed by atoms with Crippen molar-refractivity contribution in [3.8, 4) is 5.75 Å². The highest BCUT2D eigenvalue weighted by atomic mass is 16.5. The number of para-hydroxylation sites is 2. The molecule has 1 aliphatic heterocycles. The van der Waals surface area contributed by atoms with Crippen LogP contribution in [-0.2, 0) is 6.54 Å². The fraction of sp³-hybridized carbons (Fsp3) is 0.364. The number of hydrogen-bond donors (Lipinski definition) is 2. The van der Waals surface area contributed by atoms with Gasteiger partial charge in [0, 0.05) is 32.7 Å². The van der Waals surface area contributed by atoms with E-state index in [4.69, 9.17) is 10.5 Å². The molecule has 2 aromatic carbocycles. The summed E-state index contributed by atoms with van der Waals surface area (Å²) in [6.07, 6.45) is 0. The summed E-state index contributed by atoms with van der Waals surface area (Å²) in [6.45, 7) is 6.64. The molecule has 1 saturated heterocycles. The Bertz CT molecular complexity index is 938. The van der Waals surface area contributed by atoms with Crippen molar-refractivity contribution >= 4 is 22.7 Å². The van der Waals surface area contributed by atoms with Crippen LogP contribution in [0.4, 0.5) is 11.6 Å². The zero-order chi connectivity index (χ0) is 20.1. The fourth-order valence-corrected chi connectivity index (χ4v) is 3.44. The third kappa shape index (κ3) is 5.13. The van der Waals surface area contributed by atoms with E-state index in [9.17, 15) is 0 Å². The van der Waals surface area contributed by atoms with Crippen molar-refractivity contribution in [2.75, 3.05) is 57.4 Å². The minimum absolute atomic E-state index is 0.400. The van der Waals surface area contributed by atoms with Crippen molar-refractivity contribution in [1.29, 1.82) is 0 Å². The number of nitrogens with zero attached hydrogens (tertiary/aromatic N) is 4. The second kappa shape index (κ2) is 9.07. The molecule has 1 fully saturated rings. The van der Waals surface area contributed by atoms with Crippen molar-refractivity contribution in [2.45, 2.75) is 6.54 Å². The van der Waals surface area contributed by atoms with Gasteiger partial charge in [0.05, 0.1) is 17.6 Å². The van der Waals surface area contributed by atoms with E-state index < -0.39 is 0 Å². The van der Waals surface area contributed by atoms with Crippen molar-refractivity contribution < 1.29 is 4.74 Å². The predicted molar refractivity (Wildman–Crippen MR) is 117 cm³/mol. The molecule has 3 N–H and O–H groups in total. The maximum absolute atomic E-state index is 6.00. The highest BCUT2D eigenvalue weighted by molar-refractivity contribution is 5.79. The number of benzene rings is 2. The number of nitrogens with one attached hydrogen (secondary N) is 1. The first-order chi connectivity index (χ1) is 14.2. The molecular weight excluding hydrogens is 364 g/mol. The number of aromatic nitrogens is 2. The van der Waals surface area contributed by atoms with E-state index in [-0.39, 0.29) is 0 Å². The Hall–Kier alpha value is -2.90. The van der Waals surface area contributed by atoms with E-state index in [1.54, 1.807) is 0 Å². The lowest BCUT2D eigenvalue weighted by atomic mass is 10.2. The Morgan fingerprint density at radius 3 is 2.38 bits per heavy atom. The van der Waals surface area contributed by atoms with E-state index in [1.807, 2.05) is 36.4 Å². The van der Waals surface area contributed by atoms with Crippen molar-refractivity contribution in [2.24, 2.45) is 0 Å². The summed E-state index contributed by atoms with van der Waals surface area (Å²) >= 11 is 0. The van der Waals surface area contributed by atoms with Crippen LogP contribution >= 0.6 is 0 Å². The lowest BCUT2D eigenvalue weighted by Crippen LogP contribution is -2.43. The molecule has 0 radical (unpaired) electrons. The van der Waals surface area contributed by atoms with Crippen LogP contribution in [0.3, 0.4) is 0 Å². The number of hydrogen-bond acceptors (Lipinski definition) is 7. The Kier molecular flexibility index (Phi) is 6.07. The van der Waals surface area contributed by atoms with Gasteiger partial charge in [0.1, 0.15) is 12.4 Å². The lowest BCUT2D eigenvalue weighted by molar-refractivity contribution is 0.148. The van der Waals surface area contributed by atoms with Crippen LogP contribution in [-0.4, -0.2) is 66.1 Å². The molecular formula is C22H28N6O. The largest absolute Gasteiger partial charge is 0.492 e. The molecule has 29 heavy (non-hydrogen) atoms. The Balaban J connectivity index is 1.24.